The standard InChI is InChI=1S/C13H16O/c1-12(10-11-14)6-5-9-13-7-3-2-4-8-13/h2-9,14H,10-11H2,1H3. The van der Waals surface area contributed by atoms with Crippen LogP contribution in [0.25, 0.3) is 6.08 Å². The minimum Gasteiger partial charge on any atom is -0.396 e. The second kappa shape index (κ2) is 6.17. The number of aliphatic hydroxyl groups is 1. The molecule has 0 spiro atoms. The Labute approximate surface area is 85.4 Å². The Hall–Kier alpha value is -1.34. The zero-order valence-corrected chi connectivity index (χ0v) is 8.48. The highest BCUT2D eigenvalue weighted by Crippen LogP contribution is 2.03. The number of aliphatic hydroxyl groups excluding tert-OH is 1. The average Bonchev–Trinajstić information content (AvgIpc) is 2.20. The predicted molar refractivity (Wildman–Crippen MR) is 60.9 cm³/mol. The Kier molecular flexibility index (Phi) is 4.73. The molecule has 0 bridgehead atoms. The molecule has 0 saturated heterocycles. The van der Waals surface area contributed by atoms with Crippen molar-refractivity contribution in [2.24, 2.45) is 0 Å². The normalized spacial score (nSPS) is 12.3. The third-order valence-corrected chi connectivity index (χ3v) is 1.98. The van der Waals surface area contributed by atoms with Crippen LogP contribution < -0.4 is 0 Å². The van der Waals surface area contributed by atoms with E-state index in [2.05, 4.69) is 18.2 Å². The van der Waals surface area contributed by atoms with Gasteiger partial charge in [-0.25, -0.2) is 0 Å². The molecule has 0 amide bonds. The third-order valence-electron chi connectivity index (χ3n) is 1.98. The number of allylic oxidation sites excluding steroid dienone is 2. The van der Waals surface area contributed by atoms with Gasteiger partial charge in [-0.05, 0) is 18.9 Å². The number of rotatable bonds is 4. The fraction of sp³-hybridized carbons (Fsp3) is 0.231. The average molecular weight is 188 g/mol. The molecule has 0 atom stereocenters. The maximum atomic E-state index is 8.69. The van der Waals surface area contributed by atoms with Crippen LogP contribution in [0.15, 0.2) is 48.1 Å². The molecule has 0 radical (unpaired) electrons. The monoisotopic (exact) mass is 188 g/mol. The van der Waals surface area contributed by atoms with Crippen molar-refractivity contribution in [3.63, 3.8) is 0 Å². The van der Waals surface area contributed by atoms with Crippen LogP contribution in [0.1, 0.15) is 18.9 Å². The Morgan fingerprint density at radius 1 is 1.29 bits per heavy atom. The topological polar surface area (TPSA) is 20.2 Å². The first-order chi connectivity index (χ1) is 6.83. The SMILES string of the molecule is CC(=CC=Cc1ccccc1)CCO. The van der Waals surface area contributed by atoms with Crippen molar-refractivity contribution in [1.29, 1.82) is 0 Å². The molecule has 0 aliphatic rings. The van der Waals surface area contributed by atoms with Gasteiger partial charge >= 0.3 is 0 Å². The number of benzene rings is 1. The van der Waals surface area contributed by atoms with Gasteiger partial charge in [0.15, 0.2) is 0 Å². The summed E-state index contributed by atoms with van der Waals surface area (Å²) in [6.07, 6.45) is 6.85. The molecule has 0 saturated carbocycles. The van der Waals surface area contributed by atoms with E-state index in [0.29, 0.717) is 0 Å². The second-order valence-corrected chi connectivity index (χ2v) is 3.26. The summed E-state index contributed by atoms with van der Waals surface area (Å²) < 4.78 is 0. The molecule has 14 heavy (non-hydrogen) atoms. The second-order valence-electron chi connectivity index (χ2n) is 3.26. The van der Waals surface area contributed by atoms with E-state index in [1.54, 1.807) is 0 Å². The zero-order chi connectivity index (χ0) is 10.2. The molecule has 0 unspecified atom stereocenters. The van der Waals surface area contributed by atoms with Gasteiger partial charge < -0.3 is 5.11 Å². The summed E-state index contributed by atoms with van der Waals surface area (Å²) in [7, 11) is 0. The molecular weight excluding hydrogens is 172 g/mol. The molecule has 1 rings (SSSR count). The van der Waals surface area contributed by atoms with Crippen molar-refractivity contribution in [3.05, 3.63) is 53.6 Å². The summed E-state index contributed by atoms with van der Waals surface area (Å²) >= 11 is 0. The van der Waals surface area contributed by atoms with Crippen LogP contribution in [0.2, 0.25) is 0 Å². The van der Waals surface area contributed by atoms with E-state index in [0.717, 1.165) is 6.42 Å². The van der Waals surface area contributed by atoms with Crippen molar-refractivity contribution in [3.8, 4) is 0 Å². The molecule has 74 valence electrons. The highest BCUT2D eigenvalue weighted by atomic mass is 16.2. The predicted octanol–water partition coefficient (Wildman–Crippen LogP) is 3.03. The summed E-state index contributed by atoms with van der Waals surface area (Å²) in [5.41, 5.74) is 2.39. The van der Waals surface area contributed by atoms with Gasteiger partial charge in [0.2, 0.25) is 0 Å². The lowest BCUT2D eigenvalue weighted by atomic mass is 10.2. The van der Waals surface area contributed by atoms with Gasteiger partial charge in [0.25, 0.3) is 0 Å². The summed E-state index contributed by atoms with van der Waals surface area (Å²) in [5.74, 6) is 0. The maximum Gasteiger partial charge on any atom is 0.0468 e. The van der Waals surface area contributed by atoms with Crippen molar-refractivity contribution >= 4 is 6.08 Å². The van der Waals surface area contributed by atoms with E-state index in [-0.39, 0.29) is 6.61 Å². The van der Waals surface area contributed by atoms with E-state index in [9.17, 15) is 0 Å². The largest absolute Gasteiger partial charge is 0.396 e. The highest BCUT2D eigenvalue weighted by Gasteiger charge is 1.84. The van der Waals surface area contributed by atoms with Gasteiger partial charge in [0.1, 0.15) is 0 Å². The molecule has 0 aliphatic carbocycles. The van der Waals surface area contributed by atoms with Crippen LogP contribution in [0.4, 0.5) is 0 Å². The Morgan fingerprint density at radius 3 is 2.64 bits per heavy atom. The fourth-order valence-corrected chi connectivity index (χ4v) is 1.15. The summed E-state index contributed by atoms with van der Waals surface area (Å²) in [5, 5.41) is 8.69. The first-order valence-corrected chi connectivity index (χ1v) is 4.82. The fourth-order valence-electron chi connectivity index (χ4n) is 1.15. The first kappa shape index (κ1) is 10.7. The van der Waals surface area contributed by atoms with Gasteiger partial charge in [0.05, 0.1) is 0 Å². The molecular formula is C13H16O. The molecule has 0 aromatic heterocycles. The summed E-state index contributed by atoms with van der Waals surface area (Å²) in [4.78, 5) is 0. The van der Waals surface area contributed by atoms with Crippen molar-refractivity contribution in [1.82, 2.24) is 0 Å². The Morgan fingerprint density at radius 2 is 2.00 bits per heavy atom. The highest BCUT2D eigenvalue weighted by molar-refractivity contribution is 5.50. The maximum absolute atomic E-state index is 8.69. The Bertz CT molecular complexity index is 309. The third kappa shape index (κ3) is 4.06. The smallest absolute Gasteiger partial charge is 0.0468 e. The quantitative estimate of drug-likeness (QED) is 0.720. The van der Waals surface area contributed by atoms with Gasteiger partial charge in [0, 0.05) is 6.61 Å². The minimum atomic E-state index is 0.224. The molecule has 1 aromatic carbocycles. The van der Waals surface area contributed by atoms with Crippen molar-refractivity contribution < 1.29 is 5.11 Å². The van der Waals surface area contributed by atoms with Gasteiger partial charge in [-0.3, -0.25) is 0 Å². The molecule has 0 aliphatic heterocycles. The zero-order valence-electron chi connectivity index (χ0n) is 8.48. The number of hydrogen-bond acceptors (Lipinski definition) is 1. The summed E-state index contributed by atoms with van der Waals surface area (Å²) in [6.45, 7) is 2.24. The van der Waals surface area contributed by atoms with Crippen LogP contribution in [0.5, 0.6) is 0 Å². The lowest BCUT2D eigenvalue weighted by Gasteiger charge is -1.93. The minimum absolute atomic E-state index is 0.224. The molecule has 1 aromatic rings. The number of hydrogen-bond donors (Lipinski definition) is 1. The molecule has 0 fully saturated rings. The molecule has 1 N–H and O–H groups in total. The molecule has 1 heteroatoms. The van der Waals surface area contributed by atoms with Crippen LogP contribution in [-0.4, -0.2) is 11.7 Å². The van der Waals surface area contributed by atoms with Gasteiger partial charge in [-0.1, -0.05) is 54.1 Å². The first-order valence-electron chi connectivity index (χ1n) is 4.82. The Balaban J connectivity index is 2.53. The van der Waals surface area contributed by atoms with E-state index < -0.39 is 0 Å². The van der Waals surface area contributed by atoms with E-state index in [1.807, 2.05) is 37.3 Å². The van der Waals surface area contributed by atoms with Gasteiger partial charge in [-0.2, -0.15) is 0 Å². The van der Waals surface area contributed by atoms with E-state index in [4.69, 9.17) is 5.11 Å². The van der Waals surface area contributed by atoms with Crippen LogP contribution >= 0.6 is 0 Å². The lowest BCUT2D eigenvalue weighted by Crippen LogP contribution is -1.82. The van der Waals surface area contributed by atoms with Crippen LogP contribution in [0.3, 0.4) is 0 Å². The summed E-state index contributed by atoms with van der Waals surface area (Å²) in [6, 6.07) is 10.2. The van der Waals surface area contributed by atoms with Gasteiger partial charge in [-0.15, -0.1) is 0 Å². The van der Waals surface area contributed by atoms with Crippen molar-refractivity contribution in [2.45, 2.75) is 13.3 Å². The van der Waals surface area contributed by atoms with E-state index >= 15 is 0 Å². The lowest BCUT2D eigenvalue weighted by molar-refractivity contribution is 0.299. The van der Waals surface area contributed by atoms with Crippen LogP contribution in [0, 0.1) is 0 Å². The van der Waals surface area contributed by atoms with Crippen molar-refractivity contribution in [2.75, 3.05) is 6.61 Å². The molecule has 0 heterocycles. The van der Waals surface area contributed by atoms with Crippen LogP contribution in [-0.2, 0) is 0 Å². The molecule has 1 nitrogen and oxygen atoms in total. The van der Waals surface area contributed by atoms with E-state index in [1.165, 1.54) is 11.1 Å².